The minimum atomic E-state index is -0.214. The van der Waals surface area contributed by atoms with Crippen LogP contribution in [-0.2, 0) is 16.1 Å². The smallest absolute Gasteiger partial charge is 0.226 e. The second kappa shape index (κ2) is 8.77. The fraction of sp³-hybridized carbons (Fsp3) is 0.333. The lowest BCUT2D eigenvalue weighted by molar-refractivity contribution is -0.130. The van der Waals surface area contributed by atoms with Crippen LogP contribution in [0.3, 0.4) is 0 Å². The van der Waals surface area contributed by atoms with Crippen LogP contribution in [0.2, 0.25) is 0 Å². The molecule has 0 radical (unpaired) electrons. The Balaban J connectivity index is 1.93. The van der Waals surface area contributed by atoms with Crippen LogP contribution in [0.4, 0.5) is 5.69 Å². The van der Waals surface area contributed by atoms with Crippen molar-refractivity contribution >= 4 is 17.5 Å². The predicted octanol–water partition coefficient (Wildman–Crippen LogP) is 2.67. The first-order valence-corrected chi connectivity index (χ1v) is 7.83. The summed E-state index contributed by atoms with van der Waals surface area (Å²) in [6, 6.07) is 8.68. The van der Waals surface area contributed by atoms with Gasteiger partial charge in [-0.2, -0.15) is 0 Å². The topological polar surface area (TPSA) is 81.0 Å². The fourth-order valence-corrected chi connectivity index (χ4v) is 2.29. The minimum absolute atomic E-state index is 0.119. The van der Waals surface area contributed by atoms with Gasteiger partial charge in [-0.15, -0.1) is 0 Å². The molecule has 1 aromatic carbocycles. The molecule has 0 atom stereocenters. The number of anilines is 1. The van der Waals surface area contributed by atoms with Crippen molar-refractivity contribution < 1.29 is 23.5 Å². The van der Waals surface area contributed by atoms with E-state index in [-0.39, 0.29) is 18.2 Å². The number of rotatable bonds is 8. The number of ether oxygens (including phenoxy) is 2. The number of amides is 2. The third-order valence-electron chi connectivity index (χ3n) is 3.66. The molecular formula is C18H22N2O5. The number of nitrogens with one attached hydrogen (secondary N) is 1. The largest absolute Gasteiger partial charge is 0.497 e. The van der Waals surface area contributed by atoms with Gasteiger partial charge in [0.25, 0.3) is 0 Å². The monoisotopic (exact) mass is 346 g/mol. The van der Waals surface area contributed by atoms with Gasteiger partial charge in [0.2, 0.25) is 11.8 Å². The second-order valence-corrected chi connectivity index (χ2v) is 5.38. The number of furan rings is 1. The van der Waals surface area contributed by atoms with Crippen LogP contribution in [0.15, 0.2) is 41.0 Å². The van der Waals surface area contributed by atoms with Crippen molar-refractivity contribution in [2.45, 2.75) is 19.9 Å². The lowest BCUT2D eigenvalue weighted by atomic mass is 10.2. The lowest BCUT2D eigenvalue weighted by Gasteiger charge is -2.19. The van der Waals surface area contributed by atoms with Crippen molar-refractivity contribution in [2.75, 3.05) is 26.1 Å². The van der Waals surface area contributed by atoms with Crippen LogP contribution in [0, 0.1) is 0 Å². The maximum Gasteiger partial charge on any atom is 0.226 e. The second-order valence-electron chi connectivity index (χ2n) is 5.38. The highest BCUT2D eigenvalue weighted by Gasteiger charge is 2.14. The molecule has 25 heavy (non-hydrogen) atoms. The number of hydrogen-bond acceptors (Lipinski definition) is 5. The van der Waals surface area contributed by atoms with E-state index in [9.17, 15) is 9.59 Å². The zero-order valence-corrected chi connectivity index (χ0v) is 14.6. The Morgan fingerprint density at radius 2 is 2.00 bits per heavy atom. The summed E-state index contributed by atoms with van der Waals surface area (Å²) in [5.41, 5.74) is 0.550. The molecule has 2 rings (SSSR count). The lowest BCUT2D eigenvalue weighted by Crippen LogP contribution is -2.31. The van der Waals surface area contributed by atoms with Crippen molar-refractivity contribution in [2.24, 2.45) is 0 Å². The Morgan fingerprint density at radius 3 is 2.60 bits per heavy atom. The van der Waals surface area contributed by atoms with E-state index >= 15 is 0 Å². The van der Waals surface area contributed by atoms with Gasteiger partial charge in [0.15, 0.2) is 0 Å². The van der Waals surface area contributed by atoms with Crippen LogP contribution in [0.5, 0.6) is 11.5 Å². The van der Waals surface area contributed by atoms with Crippen molar-refractivity contribution in [3.05, 3.63) is 42.4 Å². The number of hydrogen-bond donors (Lipinski definition) is 1. The molecule has 2 aromatic rings. The summed E-state index contributed by atoms with van der Waals surface area (Å²) in [5.74, 6) is 1.48. The van der Waals surface area contributed by atoms with Gasteiger partial charge >= 0.3 is 0 Å². The standard InChI is InChI=1S/C18H22N2O5/c1-13(21)20(12-15-5-4-10-25-15)9-8-18(22)19-16-7-6-14(23-2)11-17(16)24-3/h4-7,10-11H,8-9,12H2,1-3H3,(H,19,22). The number of carbonyl (C=O) groups excluding carboxylic acids is 2. The molecule has 1 N–H and O–H groups in total. The third-order valence-corrected chi connectivity index (χ3v) is 3.66. The molecule has 0 aliphatic heterocycles. The van der Waals surface area contributed by atoms with Crippen LogP contribution >= 0.6 is 0 Å². The molecule has 134 valence electrons. The third kappa shape index (κ3) is 5.27. The number of nitrogens with zero attached hydrogens (tertiary/aromatic N) is 1. The van der Waals surface area contributed by atoms with Crippen LogP contribution in [-0.4, -0.2) is 37.5 Å². The number of methoxy groups -OCH3 is 2. The molecule has 1 heterocycles. The summed E-state index contributed by atoms with van der Waals surface area (Å²) in [5, 5.41) is 2.79. The first-order valence-electron chi connectivity index (χ1n) is 7.83. The number of benzene rings is 1. The molecule has 7 nitrogen and oxygen atoms in total. The maximum absolute atomic E-state index is 12.2. The summed E-state index contributed by atoms with van der Waals surface area (Å²) in [4.78, 5) is 25.5. The van der Waals surface area contributed by atoms with E-state index in [1.807, 2.05) is 0 Å². The summed E-state index contributed by atoms with van der Waals surface area (Å²) < 4.78 is 15.6. The summed E-state index contributed by atoms with van der Waals surface area (Å²) >= 11 is 0. The minimum Gasteiger partial charge on any atom is -0.497 e. The number of carbonyl (C=O) groups is 2. The quantitative estimate of drug-likeness (QED) is 0.795. The van der Waals surface area contributed by atoms with Gasteiger partial charge < -0.3 is 24.1 Å². The zero-order valence-electron chi connectivity index (χ0n) is 14.6. The molecule has 0 unspecified atom stereocenters. The average molecular weight is 346 g/mol. The van der Waals surface area contributed by atoms with E-state index in [0.29, 0.717) is 36.0 Å². The maximum atomic E-state index is 12.2. The molecular weight excluding hydrogens is 324 g/mol. The average Bonchev–Trinajstić information content (AvgIpc) is 3.11. The van der Waals surface area contributed by atoms with Crippen LogP contribution < -0.4 is 14.8 Å². The fourth-order valence-electron chi connectivity index (χ4n) is 2.29. The molecule has 0 aliphatic rings. The molecule has 0 saturated heterocycles. The molecule has 0 saturated carbocycles. The first kappa shape index (κ1) is 18.4. The summed E-state index contributed by atoms with van der Waals surface area (Å²) in [6.45, 7) is 2.09. The summed E-state index contributed by atoms with van der Waals surface area (Å²) in [7, 11) is 3.08. The Labute approximate surface area is 146 Å². The van der Waals surface area contributed by atoms with E-state index in [1.54, 1.807) is 48.6 Å². The highest BCUT2D eigenvalue weighted by atomic mass is 16.5. The first-order chi connectivity index (χ1) is 12.0. The van der Waals surface area contributed by atoms with Crippen molar-refractivity contribution in [3.63, 3.8) is 0 Å². The van der Waals surface area contributed by atoms with Gasteiger partial charge in [0.05, 0.1) is 32.7 Å². The highest BCUT2D eigenvalue weighted by Crippen LogP contribution is 2.29. The highest BCUT2D eigenvalue weighted by molar-refractivity contribution is 5.92. The van der Waals surface area contributed by atoms with Crippen LogP contribution in [0.1, 0.15) is 19.1 Å². The van der Waals surface area contributed by atoms with E-state index in [2.05, 4.69) is 5.32 Å². The van der Waals surface area contributed by atoms with E-state index in [4.69, 9.17) is 13.9 Å². The van der Waals surface area contributed by atoms with Gasteiger partial charge in [0.1, 0.15) is 17.3 Å². The Hall–Kier alpha value is -2.96. The Bertz CT molecular complexity index is 712. The predicted molar refractivity (Wildman–Crippen MR) is 92.6 cm³/mol. The normalized spacial score (nSPS) is 10.2. The molecule has 2 amide bonds. The SMILES string of the molecule is COc1ccc(NC(=O)CCN(Cc2ccco2)C(C)=O)c(OC)c1. The van der Waals surface area contributed by atoms with Gasteiger partial charge in [-0.25, -0.2) is 0 Å². The summed E-state index contributed by atoms with van der Waals surface area (Å²) in [6.07, 6.45) is 1.71. The molecule has 0 spiro atoms. The van der Waals surface area contributed by atoms with Crippen molar-refractivity contribution in [3.8, 4) is 11.5 Å². The van der Waals surface area contributed by atoms with Crippen molar-refractivity contribution in [1.29, 1.82) is 0 Å². The Kier molecular flexibility index (Phi) is 6.45. The van der Waals surface area contributed by atoms with E-state index in [1.165, 1.54) is 14.0 Å². The Morgan fingerprint density at radius 1 is 1.20 bits per heavy atom. The van der Waals surface area contributed by atoms with E-state index < -0.39 is 0 Å². The van der Waals surface area contributed by atoms with Gasteiger partial charge in [-0.05, 0) is 24.3 Å². The molecule has 0 fully saturated rings. The van der Waals surface area contributed by atoms with Gasteiger partial charge in [-0.1, -0.05) is 0 Å². The molecule has 0 bridgehead atoms. The van der Waals surface area contributed by atoms with Crippen LogP contribution in [0.25, 0.3) is 0 Å². The van der Waals surface area contributed by atoms with Crippen molar-refractivity contribution in [1.82, 2.24) is 4.90 Å². The zero-order chi connectivity index (χ0) is 18.2. The van der Waals surface area contributed by atoms with Gasteiger partial charge in [-0.3, -0.25) is 9.59 Å². The van der Waals surface area contributed by atoms with E-state index in [0.717, 1.165) is 0 Å². The molecule has 0 aliphatic carbocycles. The van der Waals surface area contributed by atoms with Gasteiger partial charge in [0, 0.05) is 26.0 Å². The molecule has 1 aromatic heterocycles. The molecule has 7 heteroatoms.